The number of thioether (sulfide) groups is 1. The number of fused-ring (bicyclic) bond motifs is 6. The number of carbonyl (C=O) groups is 3. The van der Waals surface area contributed by atoms with Crippen LogP contribution in [-0.2, 0) is 19.9 Å². The zero-order valence-corrected chi connectivity index (χ0v) is 19.5. The molecule has 4 heterocycles. The Bertz CT molecular complexity index is 1410. The maximum Gasteiger partial charge on any atom is 0.238 e. The quantitative estimate of drug-likeness (QED) is 0.565. The summed E-state index contributed by atoms with van der Waals surface area (Å²) in [5.74, 6) is -1.87. The molecule has 3 unspecified atom stereocenters. The zero-order chi connectivity index (χ0) is 23.8. The Kier molecular flexibility index (Phi) is 4.26. The van der Waals surface area contributed by atoms with E-state index in [1.807, 2.05) is 54.6 Å². The van der Waals surface area contributed by atoms with Crippen molar-refractivity contribution in [2.75, 3.05) is 16.0 Å². The minimum absolute atomic E-state index is 0.169. The van der Waals surface area contributed by atoms with Crippen LogP contribution in [0.15, 0.2) is 83.8 Å². The van der Waals surface area contributed by atoms with Crippen LogP contribution >= 0.6 is 11.8 Å². The Morgan fingerprint density at radius 2 is 1.63 bits per heavy atom. The highest BCUT2D eigenvalue weighted by atomic mass is 32.2. The van der Waals surface area contributed by atoms with Gasteiger partial charge in [-0.05, 0) is 29.8 Å². The van der Waals surface area contributed by atoms with Crippen molar-refractivity contribution in [3.63, 3.8) is 0 Å². The lowest BCUT2D eigenvalue weighted by atomic mass is 9.82. The number of rotatable bonds is 1. The van der Waals surface area contributed by atoms with E-state index >= 15 is 0 Å². The summed E-state index contributed by atoms with van der Waals surface area (Å²) in [7, 11) is 0. The van der Waals surface area contributed by atoms with Gasteiger partial charge in [0.2, 0.25) is 23.4 Å². The normalized spacial score (nSPS) is 28.8. The Morgan fingerprint density at radius 1 is 0.886 bits per heavy atom. The third kappa shape index (κ3) is 2.58. The number of ketones is 1. The van der Waals surface area contributed by atoms with E-state index in [-0.39, 0.29) is 36.2 Å². The van der Waals surface area contributed by atoms with Crippen LogP contribution in [0, 0.1) is 0 Å². The summed E-state index contributed by atoms with van der Waals surface area (Å²) in [5, 5.41) is 3.51. The molecule has 7 rings (SSSR count). The molecular weight excluding hydrogens is 462 g/mol. The molecule has 3 aromatic carbocycles. The minimum Gasteiger partial charge on any atom is -0.361 e. The molecule has 35 heavy (non-hydrogen) atoms. The van der Waals surface area contributed by atoms with Gasteiger partial charge >= 0.3 is 0 Å². The van der Waals surface area contributed by atoms with Crippen LogP contribution < -0.4 is 10.2 Å². The van der Waals surface area contributed by atoms with Gasteiger partial charge in [-0.25, -0.2) is 0 Å². The van der Waals surface area contributed by atoms with Crippen molar-refractivity contribution >= 4 is 40.7 Å². The molecule has 1 N–H and O–H groups in total. The van der Waals surface area contributed by atoms with Crippen LogP contribution in [0.1, 0.15) is 28.8 Å². The molecule has 1 spiro atoms. The number of hydrogen-bond donors (Lipinski definition) is 1. The molecule has 0 aromatic heterocycles. The molecule has 2 amide bonds. The number of amides is 2. The first-order valence-electron chi connectivity index (χ1n) is 11.6. The fourth-order valence-corrected chi connectivity index (χ4v) is 6.80. The van der Waals surface area contributed by atoms with E-state index in [9.17, 15) is 14.4 Å². The van der Waals surface area contributed by atoms with Crippen LogP contribution in [0.3, 0.4) is 0 Å². The van der Waals surface area contributed by atoms with Gasteiger partial charge in [-0.3, -0.25) is 24.2 Å². The summed E-state index contributed by atoms with van der Waals surface area (Å²) >= 11 is 1.43. The van der Waals surface area contributed by atoms with Gasteiger partial charge in [0.25, 0.3) is 0 Å². The smallest absolute Gasteiger partial charge is 0.238 e. The molecule has 174 valence electrons. The highest BCUT2D eigenvalue weighted by Crippen LogP contribution is 2.58. The highest BCUT2D eigenvalue weighted by molar-refractivity contribution is 8.00. The maximum absolute atomic E-state index is 14.6. The SMILES string of the molecule is O=C1CCC23OC(c4ccccc4)(C(=O)c4ccccc4N12)C1Nc2ccccc2SCC(=O)N13. The van der Waals surface area contributed by atoms with Crippen LogP contribution in [0.2, 0.25) is 0 Å². The van der Waals surface area contributed by atoms with Crippen molar-refractivity contribution in [3.05, 3.63) is 90.0 Å². The summed E-state index contributed by atoms with van der Waals surface area (Å²) in [4.78, 5) is 45.9. The lowest BCUT2D eigenvalue weighted by Gasteiger charge is -2.43. The molecule has 4 aliphatic rings. The Labute approximate surface area is 206 Å². The number of para-hydroxylation sites is 2. The van der Waals surface area contributed by atoms with Crippen molar-refractivity contribution in [2.24, 2.45) is 0 Å². The number of benzene rings is 3. The first-order valence-corrected chi connectivity index (χ1v) is 12.6. The standard InChI is InChI=1S/C27H21N3O4S/c31-22-14-15-26-29(22)20-12-6-4-10-18(20)24(33)27(34-26,17-8-2-1-3-9-17)25-28-19-11-5-7-13-21(19)35-16-23(32)30(25)26/h1-13,25,28H,14-16H2. The fraction of sp³-hybridized carbons (Fsp3) is 0.222. The van der Waals surface area contributed by atoms with E-state index in [1.165, 1.54) is 11.8 Å². The van der Waals surface area contributed by atoms with E-state index in [0.717, 1.165) is 10.6 Å². The second-order valence-electron chi connectivity index (χ2n) is 9.12. The number of nitrogens with one attached hydrogen (secondary N) is 1. The Morgan fingerprint density at radius 3 is 2.49 bits per heavy atom. The van der Waals surface area contributed by atoms with E-state index in [1.54, 1.807) is 34.1 Å². The lowest BCUT2D eigenvalue weighted by molar-refractivity contribution is -0.153. The van der Waals surface area contributed by atoms with Crippen molar-refractivity contribution in [1.29, 1.82) is 0 Å². The molecule has 0 radical (unpaired) electrons. The summed E-state index contributed by atoms with van der Waals surface area (Å²) in [6.07, 6.45) is -0.361. The van der Waals surface area contributed by atoms with Crippen LogP contribution in [-0.4, -0.2) is 40.3 Å². The fourth-order valence-electron chi connectivity index (χ4n) is 5.92. The largest absolute Gasteiger partial charge is 0.361 e. The number of nitrogens with zero attached hydrogens (tertiary/aromatic N) is 2. The maximum atomic E-state index is 14.6. The second-order valence-corrected chi connectivity index (χ2v) is 10.1. The molecule has 8 heteroatoms. The molecule has 4 aliphatic heterocycles. The predicted molar refractivity (Wildman–Crippen MR) is 131 cm³/mol. The molecule has 3 aromatic rings. The zero-order valence-electron chi connectivity index (χ0n) is 18.6. The molecule has 0 aliphatic carbocycles. The van der Waals surface area contributed by atoms with Crippen molar-refractivity contribution in [3.8, 4) is 0 Å². The summed E-state index contributed by atoms with van der Waals surface area (Å²) in [6.45, 7) is 0. The summed E-state index contributed by atoms with van der Waals surface area (Å²) in [6, 6.07) is 24.2. The van der Waals surface area contributed by atoms with Gasteiger partial charge in [0.05, 0.1) is 11.4 Å². The number of hydrogen-bond acceptors (Lipinski definition) is 6. The highest BCUT2D eigenvalue weighted by Gasteiger charge is 2.73. The second kappa shape index (κ2) is 7.19. The molecule has 0 saturated carbocycles. The molecule has 2 fully saturated rings. The summed E-state index contributed by atoms with van der Waals surface area (Å²) in [5.41, 5.74) is 0.797. The third-order valence-electron chi connectivity index (χ3n) is 7.34. The first-order chi connectivity index (χ1) is 17.1. The van der Waals surface area contributed by atoms with Gasteiger partial charge < -0.3 is 10.1 Å². The van der Waals surface area contributed by atoms with Crippen molar-refractivity contribution < 1.29 is 19.1 Å². The lowest BCUT2D eigenvalue weighted by Crippen LogP contribution is -2.63. The molecular formula is C27H21N3O4S. The monoisotopic (exact) mass is 483 g/mol. The van der Waals surface area contributed by atoms with E-state index in [0.29, 0.717) is 16.8 Å². The van der Waals surface area contributed by atoms with Gasteiger partial charge in [-0.15, -0.1) is 11.8 Å². The van der Waals surface area contributed by atoms with Gasteiger partial charge in [0.15, 0.2) is 5.60 Å². The van der Waals surface area contributed by atoms with E-state index in [2.05, 4.69) is 5.32 Å². The first kappa shape index (κ1) is 20.7. The Hall–Kier alpha value is -3.62. The topological polar surface area (TPSA) is 79.0 Å². The average Bonchev–Trinajstić information content (AvgIpc) is 3.32. The van der Waals surface area contributed by atoms with Gasteiger partial charge in [-0.2, -0.15) is 0 Å². The number of ether oxygens (including phenoxy) is 1. The molecule has 7 nitrogen and oxygen atoms in total. The average molecular weight is 484 g/mol. The Balaban J connectivity index is 1.57. The minimum atomic E-state index is -1.55. The number of carbonyl (C=O) groups excluding carboxylic acids is 3. The van der Waals surface area contributed by atoms with Crippen LogP contribution in [0.25, 0.3) is 0 Å². The number of Topliss-reactive ketones (excluding diaryl/α,β-unsaturated/α-hetero) is 1. The van der Waals surface area contributed by atoms with E-state index < -0.39 is 17.6 Å². The van der Waals surface area contributed by atoms with Crippen LogP contribution in [0.5, 0.6) is 0 Å². The van der Waals surface area contributed by atoms with Gasteiger partial charge in [-0.1, -0.05) is 54.6 Å². The van der Waals surface area contributed by atoms with E-state index in [4.69, 9.17) is 4.74 Å². The number of anilines is 2. The summed E-state index contributed by atoms with van der Waals surface area (Å²) < 4.78 is 6.91. The van der Waals surface area contributed by atoms with Gasteiger partial charge in [0, 0.05) is 29.0 Å². The molecule has 3 atom stereocenters. The third-order valence-corrected chi connectivity index (χ3v) is 8.39. The van der Waals surface area contributed by atoms with Crippen molar-refractivity contribution in [2.45, 2.75) is 35.4 Å². The predicted octanol–water partition coefficient (Wildman–Crippen LogP) is 3.96. The van der Waals surface area contributed by atoms with Gasteiger partial charge in [0.1, 0.15) is 6.17 Å². The molecule has 2 saturated heterocycles. The van der Waals surface area contributed by atoms with Crippen LogP contribution in [0.4, 0.5) is 11.4 Å². The molecule has 2 bridgehead atoms. The van der Waals surface area contributed by atoms with Crippen molar-refractivity contribution in [1.82, 2.24) is 4.90 Å².